The monoisotopic (exact) mass is 395 g/mol. The maximum Gasteiger partial charge on any atom is 0.306 e. The van der Waals surface area contributed by atoms with Crippen LogP contribution in [0.25, 0.3) is 0 Å². The van der Waals surface area contributed by atoms with Crippen molar-refractivity contribution in [2.45, 2.75) is 45.7 Å². The van der Waals surface area contributed by atoms with Crippen molar-refractivity contribution in [3.63, 3.8) is 0 Å². The molecule has 3 amide bonds. The molecule has 3 atom stereocenters. The highest BCUT2D eigenvalue weighted by molar-refractivity contribution is 5.91. The minimum Gasteiger partial charge on any atom is -0.466 e. The molecule has 0 heterocycles. The van der Waals surface area contributed by atoms with Gasteiger partial charge in [-0.1, -0.05) is 19.1 Å². The average molecular weight is 395 g/mol. The van der Waals surface area contributed by atoms with Gasteiger partial charge in [0.25, 0.3) is 0 Å². The Bertz CT molecular complexity index is 708. The van der Waals surface area contributed by atoms with Crippen LogP contribution < -0.4 is 16.4 Å². The first kappa shape index (κ1) is 23.1. The van der Waals surface area contributed by atoms with E-state index in [0.717, 1.165) is 0 Å². The molecule has 9 heteroatoms. The fraction of sp³-hybridized carbons (Fsp3) is 0.474. The second-order valence-corrected chi connectivity index (χ2v) is 6.46. The number of halogens is 1. The Morgan fingerprint density at radius 1 is 1.14 bits per heavy atom. The summed E-state index contributed by atoms with van der Waals surface area (Å²) in [5, 5.41) is 4.99. The molecule has 0 aliphatic carbocycles. The summed E-state index contributed by atoms with van der Waals surface area (Å²) < 4.78 is 17.9. The zero-order chi connectivity index (χ0) is 21.3. The topological polar surface area (TPSA) is 128 Å². The van der Waals surface area contributed by atoms with Crippen molar-refractivity contribution in [3.05, 3.63) is 35.6 Å². The van der Waals surface area contributed by atoms with Crippen molar-refractivity contribution in [2.75, 3.05) is 6.61 Å². The summed E-state index contributed by atoms with van der Waals surface area (Å²) in [6, 6.07) is 3.34. The molecule has 1 aromatic rings. The quantitative estimate of drug-likeness (QED) is 0.495. The number of carbonyl (C=O) groups excluding carboxylic acids is 4. The lowest BCUT2D eigenvalue weighted by atomic mass is 9.96. The number of hydrogen-bond acceptors (Lipinski definition) is 5. The van der Waals surface area contributed by atoms with Crippen LogP contribution in [0.4, 0.5) is 4.39 Å². The van der Waals surface area contributed by atoms with Gasteiger partial charge in [0.15, 0.2) is 0 Å². The van der Waals surface area contributed by atoms with Crippen LogP contribution in [0, 0.1) is 11.7 Å². The smallest absolute Gasteiger partial charge is 0.306 e. The normalized spacial score (nSPS) is 13.7. The van der Waals surface area contributed by atoms with Gasteiger partial charge in [-0.2, -0.15) is 0 Å². The van der Waals surface area contributed by atoms with Crippen molar-refractivity contribution in [3.8, 4) is 0 Å². The molecule has 0 spiro atoms. The Hall–Kier alpha value is -2.97. The summed E-state index contributed by atoms with van der Waals surface area (Å²) in [4.78, 5) is 47.5. The minimum absolute atomic E-state index is 0.0867. The third-order valence-corrected chi connectivity index (χ3v) is 4.01. The molecule has 0 unspecified atom stereocenters. The van der Waals surface area contributed by atoms with Crippen molar-refractivity contribution >= 4 is 23.7 Å². The summed E-state index contributed by atoms with van der Waals surface area (Å²) in [6.45, 7) is 4.69. The predicted molar refractivity (Wildman–Crippen MR) is 99.2 cm³/mol. The van der Waals surface area contributed by atoms with Crippen LogP contribution in [0.15, 0.2) is 24.3 Å². The molecule has 4 N–H and O–H groups in total. The zero-order valence-corrected chi connectivity index (χ0v) is 16.2. The van der Waals surface area contributed by atoms with Gasteiger partial charge >= 0.3 is 5.97 Å². The van der Waals surface area contributed by atoms with E-state index in [2.05, 4.69) is 10.6 Å². The van der Waals surface area contributed by atoms with Crippen LogP contribution in [0.3, 0.4) is 0 Å². The first-order valence-corrected chi connectivity index (χ1v) is 8.90. The molecule has 8 nitrogen and oxygen atoms in total. The number of amides is 3. The van der Waals surface area contributed by atoms with E-state index in [0.29, 0.717) is 5.56 Å². The number of rotatable bonds is 10. The molecular weight excluding hydrogens is 369 g/mol. The van der Waals surface area contributed by atoms with Crippen LogP contribution in [0.1, 0.15) is 32.8 Å². The second-order valence-electron chi connectivity index (χ2n) is 6.46. The highest BCUT2D eigenvalue weighted by Gasteiger charge is 2.30. The Balaban J connectivity index is 2.89. The first-order chi connectivity index (χ1) is 13.1. The van der Waals surface area contributed by atoms with Gasteiger partial charge in [-0.3, -0.25) is 19.2 Å². The lowest BCUT2D eigenvalue weighted by Crippen LogP contribution is -2.55. The molecular formula is C19H26FN3O5. The molecule has 0 bridgehead atoms. The SMILES string of the molecule is CCOC(=O)C[C@@H](C)[C@H](NC(=O)[C@H](Cc1ccc(F)cc1)NC(C)=O)C(N)=O. The summed E-state index contributed by atoms with van der Waals surface area (Å²) in [6.07, 6.45) is -0.0199. The highest BCUT2D eigenvalue weighted by Crippen LogP contribution is 2.11. The molecule has 0 aliphatic heterocycles. The number of nitrogens with two attached hydrogens (primary N) is 1. The number of carbonyl (C=O) groups is 4. The van der Waals surface area contributed by atoms with Crippen molar-refractivity contribution in [1.29, 1.82) is 0 Å². The van der Waals surface area contributed by atoms with Gasteiger partial charge in [-0.25, -0.2) is 4.39 Å². The molecule has 28 heavy (non-hydrogen) atoms. The summed E-state index contributed by atoms with van der Waals surface area (Å²) in [5.74, 6) is -3.44. The molecule has 1 rings (SSSR count). The van der Waals surface area contributed by atoms with Crippen LogP contribution >= 0.6 is 0 Å². The number of nitrogens with one attached hydrogen (secondary N) is 2. The van der Waals surface area contributed by atoms with Crippen molar-refractivity contribution in [2.24, 2.45) is 11.7 Å². The summed E-state index contributed by atoms with van der Waals surface area (Å²) in [7, 11) is 0. The van der Waals surface area contributed by atoms with E-state index in [-0.39, 0.29) is 19.4 Å². The summed E-state index contributed by atoms with van der Waals surface area (Å²) >= 11 is 0. The third-order valence-electron chi connectivity index (χ3n) is 4.01. The van der Waals surface area contributed by atoms with E-state index in [9.17, 15) is 23.6 Å². The van der Waals surface area contributed by atoms with Gasteiger partial charge in [0.05, 0.1) is 13.0 Å². The van der Waals surface area contributed by atoms with Gasteiger partial charge in [-0.15, -0.1) is 0 Å². The molecule has 1 aromatic carbocycles. The van der Waals surface area contributed by atoms with E-state index >= 15 is 0 Å². The van der Waals surface area contributed by atoms with E-state index in [1.54, 1.807) is 13.8 Å². The van der Waals surface area contributed by atoms with Gasteiger partial charge in [0.1, 0.15) is 17.9 Å². The van der Waals surface area contributed by atoms with Crippen molar-refractivity contribution < 1.29 is 28.3 Å². The highest BCUT2D eigenvalue weighted by atomic mass is 19.1. The molecule has 0 aromatic heterocycles. The Morgan fingerprint density at radius 2 is 1.75 bits per heavy atom. The van der Waals surface area contributed by atoms with Gasteiger partial charge < -0.3 is 21.1 Å². The Kier molecular flexibility index (Phi) is 9.07. The number of ether oxygens (including phenoxy) is 1. The van der Waals surface area contributed by atoms with E-state index in [4.69, 9.17) is 10.5 Å². The largest absolute Gasteiger partial charge is 0.466 e. The van der Waals surface area contributed by atoms with Crippen LogP contribution in [-0.2, 0) is 30.3 Å². The van der Waals surface area contributed by atoms with E-state index in [1.165, 1.54) is 31.2 Å². The molecule has 0 aliphatic rings. The minimum atomic E-state index is -1.12. The zero-order valence-electron chi connectivity index (χ0n) is 16.2. The van der Waals surface area contributed by atoms with Crippen molar-refractivity contribution in [1.82, 2.24) is 10.6 Å². The number of benzene rings is 1. The van der Waals surface area contributed by atoms with Crippen LogP contribution in [0.5, 0.6) is 0 Å². The van der Waals surface area contributed by atoms with Gasteiger partial charge in [-0.05, 0) is 30.5 Å². The predicted octanol–water partition coefficient (Wildman–Crippen LogP) is 0.432. The fourth-order valence-electron chi connectivity index (χ4n) is 2.66. The lowest BCUT2D eigenvalue weighted by Gasteiger charge is -2.25. The maximum atomic E-state index is 13.1. The molecule has 0 saturated heterocycles. The second kappa shape index (κ2) is 11.0. The lowest BCUT2D eigenvalue weighted by molar-refractivity contribution is -0.145. The first-order valence-electron chi connectivity index (χ1n) is 8.90. The van der Waals surface area contributed by atoms with E-state index in [1.807, 2.05) is 0 Å². The fourth-order valence-corrected chi connectivity index (χ4v) is 2.66. The van der Waals surface area contributed by atoms with Gasteiger partial charge in [0.2, 0.25) is 17.7 Å². The number of esters is 1. The van der Waals surface area contributed by atoms with Crippen LogP contribution in [-0.4, -0.2) is 42.4 Å². The Labute approximate surface area is 163 Å². The molecule has 0 fully saturated rings. The van der Waals surface area contributed by atoms with Gasteiger partial charge in [0, 0.05) is 13.3 Å². The third kappa shape index (κ3) is 7.73. The molecule has 154 valence electrons. The van der Waals surface area contributed by atoms with Crippen LogP contribution in [0.2, 0.25) is 0 Å². The number of hydrogen-bond donors (Lipinski definition) is 3. The summed E-state index contributed by atoms with van der Waals surface area (Å²) in [5.41, 5.74) is 5.99. The maximum absolute atomic E-state index is 13.1. The Morgan fingerprint density at radius 3 is 2.25 bits per heavy atom. The standard InChI is InChI=1S/C19H26FN3O5/c1-4-28-16(25)9-11(2)17(18(21)26)23-19(27)15(22-12(3)24)10-13-5-7-14(20)8-6-13/h5-8,11,15,17H,4,9-10H2,1-3H3,(H2,21,26)(H,22,24)(H,23,27)/t11-,15+,17+/m1/s1. The molecule has 0 radical (unpaired) electrons. The van der Waals surface area contributed by atoms with E-state index < -0.39 is 47.5 Å². The molecule has 0 saturated carbocycles. The average Bonchev–Trinajstić information content (AvgIpc) is 2.60. The number of primary amides is 1.